The monoisotopic (exact) mass is 240 g/mol. The highest BCUT2D eigenvalue weighted by atomic mass is 32.1. The smallest absolute Gasteiger partial charge is 0.144 e. The summed E-state index contributed by atoms with van der Waals surface area (Å²) in [6.45, 7) is 6.62. The number of aryl methyl sites for hydroxylation is 1. The van der Waals surface area contributed by atoms with E-state index in [0.717, 1.165) is 17.1 Å². The number of Topliss-reactive ketones (excluding diaryl/α,β-unsaturated/α-hetero) is 1. The first-order valence-electron chi connectivity index (χ1n) is 5.66. The second-order valence-electron chi connectivity index (χ2n) is 4.59. The van der Waals surface area contributed by atoms with E-state index in [-0.39, 0.29) is 11.7 Å². The molecule has 4 heteroatoms. The molecule has 0 aliphatic rings. The zero-order valence-electron chi connectivity index (χ0n) is 10.2. The molecule has 1 atom stereocenters. The van der Waals surface area contributed by atoms with Crippen LogP contribution in [0.25, 0.3) is 0 Å². The van der Waals surface area contributed by atoms with Gasteiger partial charge in [-0.15, -0.1) is 11.3 Å². The molecular weight excluding hydrogens is 220 g/mol. The standard InChI is InChI=1S/C12H20N2OS/c1-8(2)4-10(6-13)11(15)5-12-14-9(3)7-16-12/h7-8,10H,4-6,13H2,1-3H3. The summed E-state index contributed by atoms with van der Waals surface area (Å²) in [5, 5.41) is 2.88. The van der Waals surface area contributed by atoms with Crippen LogP contribution in [-0.4, -0.2) is 17.3 Å². The Kier molecular flexibility index (Phi) is 5.09. The summed E-state index contributed by atoms with van der Waals surface area (Å²) in [4.78, 5) is 16.3. The van der Waals surface area contributed by atoms with Crippen LogP contribution in [0.15, 0.2) is 5.38 Å². The molecule has 0 spiro atoms. The van der Waals surface area contributed by atoms with Gasteiger partial charge in [0.2, 0.25) is 0 Å². The molecule has 0 aliphatic carbocycles. The molecule has 90 valence electrons. The van der Waals surface area contributed by atoms with E-state index in [1.54, 1.807) is 11.3 Å². The zero-order valence-corrected chi connectivity index (χ0v) is 11.0. The van der Waals surface area contributed by atoms with Gasteiger partial charge in [0, 0.05) is 23.5 Å². The van der Waals surface area contributed by atoms with Gasteiger partial charge < -0.3 is 5.73 Å². The number of aromatic nitrogens is 1. The Morgan fingerprint density at radius 3 is 2.69 bits per heavy atom. The van der Waals surface area contributed by atoms with Crippen molar-refractivity contribution >= 4 is 17.1 Å². The molecule has 1 rings (SSSR count). The molecule has 0 aliphatic heterocycles. The van der Waals surface area contributed by atoms with Crippen molar-refractivity contribution in [1.29, 1.82) is 0 Å². The van der Waals surface area contributed by atoms with Gasteiger partial charge in [0.1, 0.15) is 10.8 Å². The van der Waals surface area contributed by atoms with Crippen molar-refractivity contribution < 1.29 is 4.79 Å². The van der Waals surface area contributed by atoms with Crippen molar-refractivity contribution in [3.8, 4) is 0 Å². The molecule has 0 aromatic carbocycles. The number of nitrogens with two attached hydrogens (primary N) is 1. The topological polar surface area (TPSA) is 56.0 Å². The van der Waals surface area contributed by atoms with Crippen LogP contribution >= 0.6 is 11.3 Å². The van der Waals surface area contributed by atoms with Crippen molar-refractivity contribution in [2.24, 2.45) is 17.6 Å². The normalized spacial score (nSPS) is 13.1. The molecule has 0 fully saturated rings. The summed E-state index contributed by atoms with van der Waals surface area (Å²) in [5.41, 5.74) is 6.63. The van der Waals surface area contributed by atoms with Crippen molar-refractivity contribution in [3.63, 3.8) is 0 Å². The molecule has 1 aromatic rings. The van der Waals surface area contributed by atoms with Gasteiger partial charge in [0.15, 0.2) is 0 Å². The van der Waals surface area contributed by atoms with E-state index in [9.17, 15) is 4.79 Å². The molecule has 2 N–H and O–H groups in total. The summed E-state index contributed by atoms with van der Waals surface area (Å²) < 4.78 is 0. The van der Waals surface area contributed by atoms with E-state index in [2.05, 4.69) is 18.8 Å². The largest absolute Gasteiger partial charge is 0.330 e. The predicted molar refractivity (Wildman–Crippen MR) is 67.6 cm³/mol. The van der Waals surface area contributed by atoms with Crippen LogP contribution in [-0.2, 0) is 11.2 Å². The maximum atomic E-state index is 12.0. The molecule has 3 nitrogen and oxygen atoms in total. The first-order valence-corrected chi connectivity index (χ1v) is 6.54. The Morgan fingerprint density at radius 2 is 2.25 bits per heavy atom. The van der Waals surface area contributed by atoms with Crippen LogP contribution in [0.5, 0.6) is 0 Å². The van der Waals surface area contributed by atoms with Crippen LogP contribution < -0.4 is 5.73 Å². The summed E-state index contributed by atoms with van der Waals surface area (Å²) in [7, 11) is 0. The Morgan fingerprint density at radius 1 is 1.56 bits per heavy atom. The average Bonchev–Trinajstić information content (AvgIpc) is 2.60. The molecule has 1 heterocycles. The SMILES string of the molecule is Cc1csc(CC(=O)C(CN)CC(C)C)n1. The zero-order chi connectivity index (χ0) is 12.1. The first-order chi connectivity index (χ1) is 7.52. The second kappa shape index (κ2) is 6.11. The lowest BCUT2D eigenvalue weighted by molar-refractivity contribution is -0.122. The minimum absolute atomic E-state index is 0.00999. The summed E-state index contributed by atoms with van der Waals surface area (Å²) >= 11 is 1.55. The second-order valence-corrected chi connectivity index (χ2v) is 5.53. The van der Waals surface area contributed by atoms with Gasteiger partial charge in [-0.2, -0.15) is 0 Å². The van der Waals surface area contributed by atoms with Crippen molar-refractivity contribution in [1.82, 2.24) is 4.98 Å². The van der Waals surface area contributed by atoms with Gasteiger partial charge in [-0.05, 0) is 19.3 Å². The number of carbonyl (C=O) groups is 1. The number of rotatable bonds is 6. The highest BCUT2D eigenvalue weighted by Gasteiger charge is 2.19. The fourth-order valence-corrected chi connectivity index (χ4v) is 2.49. The molecule has 0 radical (unpaired) electrons. The number of hydrogen-bond donors (Lipinski definition) is 1. The Labute approximate surface area is 101 Å². The highest BCUT2D eigenvalue weighted by Crippen LogP contribution is 2.16. The van der Waals surface area contributed by atoms with Crippen LogP contribution in [0.1, 0.15) is 31.0 Å². The number of hydrogen-bond acceptors (Lipinski definition) is 4. The maximum Gasteiger partial charge on any atom is 0.144 e. The van der Waals surface area contributed by atoms with Gasteiger partial charge in [0.25, 0.3) is 0 Å². The third kappa shape index (κ3) is 4.02. The van der Waals surface area contributed by atoms with Gasteiger partial charge >= 0.3 is 0 Å². The lowest BCUT2D eigenvalue weighted by atomic mass is 9.92. The van der Waals surface area contributed by atoms with E-state index < -0.39 is 0 Å². The number of carbonyl (C=O) groups excluding carboxylic acids is 1. The molecule has 1 unspecified atom stereocenters. The molecule has 0 amide bonds. The summed E-state index contributed by atoms with van der Waals surface area (Å²) in [5.74, 6) is 0.727. The van der Waals surface area contributed by atoms with E-state index in [1.807, 2.05) is 12.3 Å². The molecule has 16 heavy (non-hydrogen) atoms. The number of ketones is 1. The van der Waals surface area contributed by atoms with Gasteiger partial charge in [-0.3, -0.25) is 4.79 Å². The lowest BCUT2D eigenvalue weighted by Crippen LogP contribution is -2.26. The maximum absolute atomic E-state index is 12.0. The lowest BCUT2D eigenvalue weighted by Gasteiger charge is -2.14. The summed E-state index contributed by atoms with van der Waals surface area (Å²) in [6, 6.07) is 0. The first kappa shape index (κ1) is 13.3. The van der Waals surface area contributed by atoms with E-state index in [0.29, 0.717) is 18.9 Å². The minimum Gasteiger partial charge on any atom is -0.330 e. The number of nitrogens with zero attached hydrogens (tertiary/aromatic N) is 1. The third-order valence-corrected chi connectivity index (χ3v) is 3.45. The fourth-order valence-electron chi connectivity index (χ4n) is 1.71. The van der Waals surface area contributed by atoms with Crippen molar-refractivity contribution in [3.05, 3.63) is 16.1 Å². The van der Waals surface area contributed by atoms with Gasteiger partial charge in [-0.1, -0.05) is 13.8 Å². The predicted octanol–water partition coefficient (Wildman–Crippen LogP) is 2.18. The molecule has 0 saturated carbocycles. The number of thiazole rings is 1. The van der Waals surface area contributed by atoms with E-state index in [1.165, 1.54) is 0 Å². The fraction of sp³-hybridized carbons (Fsp3) is 0.667. The Balaban J connectivity index is 2.55. The molecule has 0 saturated heterocycles. The van der Waals surface area contributed by atoms with E-state index in [4.69, 9.17) is 5.73 Å². The molecule has 0 bridgehead atoms. The van der Waals surface area contributed by atoms with Gasteiger partial charge in [0.05, 0.1) is 6.42 Å². The van der Waals surface area contributed by atoms with Crippen LogP contribution in [0.3, 0.4) is 0 Å². The van der Waals surface area contributed by atoms with E-state index >= 15 is 0 Å². The summed E-state index contributed by atoms with van der Waals surface area (Å²) in [6.07, 6.45) is 1.31. The minimum atomic E-state index is -0.00999. The van der Waals surface area contributed by atoms with Crippen LogP contribution in [0.4, 0.5) is 0 Å². The third-order valence-electron chi connectivity index (χ3n) is 2.49. The van der Waals surface area contributed by atoms with Gasteiger partial charge in [-0.25, -0.2) is 4.98 Å². The highest BCUT2D eigenvalue weighted by molar-refractivity contribution is 7.09. The average molecular weight is 240 g/mol. The van der Waals surface area contributed by atoms with Crippen LogP contribution in [0.2, 0.25) is 0 Å². The van der Waals surface area contributed by atoms with Crippen molar-refractivity contribution in [2.75, 3.05) is 6.54 Å². The Hall–Kier alpha value is -0.740. The quantitative estimate of drug-likeness (QED) is 0.829. The van der Waals surface area contributed by atoms with Crippen molar-refractivity contribution in [2.45, 2.75) is 33.6 Å². The molecule has 1 aromatic heterocycles. The molecular formula is C12H20N2OS. The Bertz CT molecular complexity index is 347. The van der Waals surface area contributed by atoms with Crippen LogP contribution in [0, 0.1) is 18.8 Å².